The number of alkyl halides is 5. The van der Waals surface area contributed by atoms with Gasteiger partial charge in [-0.05, 0) is 40.8 Å². The molecule has 0 bridgehead atoms. The zero-order valence-corrected chi connectivity index (χ0v) is 12.9. The van der Waals surface area contributed by atoms with E-state index in [1.54, 1.807) is 22.6 Å². The highest BCUT2D eigenvalue weighted by Gasteiger charge is 2.29. The second-order valence-electron chi connectivity index (χ2n) is 4.30. The Morgan fingerprint density at radius 1 is 1.29 bits per heavy atom. The summed E-state index contributed by atoms with van der Waals surface area (Å²) >= 11 is 1.69. The van der Waals surface area contributed by atoms with Crippen LogP contribution in [0.1, 0.15) is 17.3 Å². The standard InChI is InChI=1S/C12H11F5INO2/c1-11(13,14)5-19-10(20)7-2-3-9(8(18)4-7)21-6-12(15,16)17/h2-4H,5-6H2,1H3,(H,19,20). The Balaban J connectivity index is 2.71. The van der Waals surface area contributed by atoms with Crippen LogP contribution in [0.5, 0.6) is 5.75 Å². The maximum Gasteiger partial charge on any atom is 0.422 e. The van der Waals surface area contributed by atoms with Crippen molar-refractivity contribution >= 4 is 28.5 Å². The fraction of sp³-hybridized carbons (Fsp3) is 0.417. The summed E-state index contributed by atoms with van der Waals surface area (Å²) in [5.41, 5.74) is 0.0583. The third-order valence-electron chi connectivity index (χ3n) is 2.14. The molecule has 1 amide bonds. The molecule has 0 saturated heterocycles. The second kappa shape index (κ2) is 6.75. The lowest BCUT2D eigenvalue weighted by molar-refractivity contribution is -0.153. The van der Waals surface area contributed by atoms with Crippen LogP contribution < -0.4 is 10.1 Å². The number of hydrogen-bond acceptors (Lipinski definition) is 2. The molecule has 0 aliphatic carbocycles. The third-order valence-corrected chi connectivity index (χ3v) is 2.99. The van der Waals surface area contributed by atoms with E-state index in [9.17, 15) is 26.7 Å². The predicted molar refractivity (Wildman–Crippen MR) is 73.7 cm³/mol. The summed E-state index contributed by atoms with van der Waals surface area (Å²) in [5.74, 6) is -3.82. The van der Waals surface area contributed by atoms with Crippen molar-refractivity contribution in [2.45, 2.75) is 19.0 Å². The molecule has 0 radical (unpaired) electrons. The number of nitrogens with one attached hydrogen (secondary N) is 1. The van der Waals surface area contributed by atoms with E-state index in [4.69, 9.17) is 0 Å². The molecule has 118 valence electrons. The van der Waals surface area contributed by atoms with Gasteiger partial charge in [-0.2, -0.15) is 13.2 Å². The number of carbonyl (C=O) groups is 1. The van der Waals surface area contributed by atoms with Crippen LogP contribution in [-0.2, 0) is 0 Å². The summed E-state index contributed by atoms with van der Waals surface area (Å²) < 4.78 is 66.1. The molecule has 0 heterocycles. The van der Waals surface area contributed by atoms with E-state index >= 15 is 0 Å². The fourth-order valence-electron chi connectivity index (χ4n) is 1.26. The van der Waals surface area contributed by atoms with E-state index < -0.39 is 31.2 Å². The summed E-state index contributed by atoms with van der Waals surface area (Å²) in [5, 5.41) is 2.03. The van der Waals surface area contributed by atoms with Crippen molar-refractivity contribution in [3.05, 3.63) is 27.3 Å². The fourth-order valence-corrected chi connectivity index (χ4v) is 1.93. The van der Waals surface area contributed by atoms with Crippen LogP contribution in [0.2, 0.25) is 0 Å². The highest BCUT2D eigenvalue weighted by atomic mass is 127. The van der Waals surface area contributed by atoms with Gasteiger partial charge in [0, 0.05) is 12.5 Å². The molecule has 0 aliphatic rings. The molecule has 0 fully saturated rings. The highest BCUT2D eigenvalue weighted by Crippen LogP contribution is 2.25. The second-order valence-corrected chi connectivity index (χ2v) is 5.46. The number of carbonyl (C=O) groups excluding carboxylic acids is 1. The van der Waals surface area contributed by atoms with E-state index in [-0.39, 0.29) is 14.9 Å². The first kappa shape index (κ1) is 17.9. The largest absolute Gasteiger partial charge is 0.483 e. The lowest BCUT2D eigenvalue weighted by Gasteiger charge is -2.13. The van der Waals surface area contributed by atoms with Crippen molar-refractivity contribution in [1.82, 2.24) is 5.32 Å². The molecular formula is C12H11F5INO2. The number of halogens is 6. The minimum atomic E-state index is -4.47. The van der Waals surface area contributed by atoms with Crippen LogP contribution >= 0.6 is 22.6 Å². The monoisotopic (exact) mass is 423 g/mol. The first-order valence-corrected chi connectivity index (χ1v) is 6.71. The Morgan fingerprint density at radius 3 is 2.38 bits per heavy atom. The maximum absolute atomic E-state index is 12.6. The minimum Gasteiger partial charge on any atom is -0.483 e. The maximum atomic E-state index is 12.6. The van der Waals surface area contributed by atoms with Crippen LogP contribution in [0.15, 0.2) is 18.2 Å². The third kappa shape index (κ3) is 6.91. The van der Waals surface area contributed by atoms with E-state index in [0.717, 1.165) is 0 Å². The van der Waals surface area contributed by atoms with Crippen LogP contribution in [0.25, 0.3) is 0 Å². The van der Waals surface area contributed by atoms with Gasteiger partial charge < -0.3 is 10.1 Å². The Bertz CT molecular complexity index is 513. The molecule has 1 N–H and O–H groups in total. The normalized spacial score (nSPS) is 12.1. The number of amides is 1. The molecule has 3 nitrogen and oxygen atoms in total. The van der Waals surface area contributed by atoms with Crippen molar-refractivity contribution in [3.8, 4) is 5.75 Å². The van der Waals surface area contributed by atoms with Gasteiger partial charge in [-0.25, -0.2) is 8.78 Å². The van der Waals surface area contributed by atoms with Crippen molar-refractivity contribution in [3.63, 3.8) is 0 Å². The van der Waals surface area contributed by atoms with Gasteiger partial charge in [0.1, 0.15) is 5.75 Å². The number of benzene rings is 1. The molecule has 21 heavy (non-hydrogen) atoms. The van der Waals surface area contributed by atoms with Gasteiger partial charge in [0.05, 0.1) is 10.1 Å². The van der Waals surface area contributed by atoms with Gasteiger partial charge in [0.15, 0.2) is 6.61 Å². The van der Waals surface area contributed by atoms with E-state index in [2.05, 4.69) is 4.74 Å². The lowest BCUT2D eigenvalue weighted by Crippen LogP contribution is -2.34. The molecule has 0 spiro atoms. The Morgan fingerprint density at radius 2 is 1.90 bits per heavy atom. The van der Waals surface area contributed by atoms with Gasteiger partial charge in [-0.3, -0.25) is 4.79 Å². The van der Waals surface area contributed by atoms with Gasteiger partial charge in [-0.15, -0.1) is 0 Å². The van der Waals surface area contributed by atoms with Crippen molar-refractivity contribution < 1.29 is 31.5 Å². The van der Waals surface area contributed by atoms with Crippen LogP contribution in [0.3, 0.4) is 0 Å². The van der Waals surface area contributed by atoms with Gasteiger partial charge in [0.2, 0.25) is 0 Å². The molecular weight excluding hydrogens is 412 g/mol. The van der Waals surface area contributed by atoms with E-state index in [0.29, 0.717) is 6.92 Å². The quantitative estimate of drug-likeness (QED) is 0.581. The Hall–Kier alpha value is -1.13. The van der Waals surface area contributed by atoms with Crippen LogP contribution in [0, 0.1) is 3.57 Å². The summed E-state index contributed by atoms with van der Waals surface area (Å²) in [6.07, 6.45) is -4.47. The molecule has 1 rings (SSSR count). The molecule has 9 heteroatoms. The average molecular weight is 423 g/mol. The van der Waals surface area contributed by atoms with E-state index in [1.165, 1.54) is 18.2 Å². The van der Waals surface area contributed by atoms with Gasteiger partial charge in [-0.1, -0.05) is 0 Å². The summed E-state index contributed by atoms with van der Waals surface area (Å²) in [7, 11) is 0. The highest BCUT2D eigenvalue weighted by molar-refractivity contribution is 14.1. The molecule has 0 saturated carbocycles. The molecule has 0 atom stereocenters. The number of ether oxygens (including phenoxy) is 1. The van der Waals surface area contributed by atoms with E-state index in [1.807, 2.05) is 5.32 Å². The minimum absolute atomic E-state index is 0.0368. The zero-order valence-electron chi connectivity index (χ0n) is 10.7. The summed E-state index contributed by atoms with van der Waals surface area (Å²) in [6, 6.07) is 3.65. The van der Waals surface area contributed by atoms with Crippen molar-refractivity contribution in [2.75, 3.05) is 13.2 Å². The topological polar surface area (TPSA) is 38.3 Å². The zero-order chi connectivity index (χ0) is 16.3. The predicted octanol–water partition coefficient (Wildman–Crippen LogP) is 3.62. The Labute approximate surface area is 131 Å². The molecule has 1 aromatic rings. The first-order chi connectivity index (χ1) is 9.48. The molecule has 0 aliphatic heterocycles. The average Bonchev–Trinajstić information content (AvgIpc) is 2.32. The van der Waals surface area contributed by atoms with Gasteiger partial charge >= 0.3 is 6.18 Å². The SMILES string of the molecule is CC(F)(F)CNC(=O)c1ccc(OCC(F)(F)F)c(I)c1. The van der Waals surface area contributed by atoms with Crippen LogP contribution in [-0.4, -0.2) is 31.2 Å². The first-order valence-electron chi connectivity index (χ1n) is 5.63. The molecule has 0 aromatic heterocycles. The summed E-state index contributed by atoms with van der Waals surface area (Å²) in [4.78, 5) is 11.6. The lowest BCUT2D eigenvalue weighted by atomic mass is 10.2. The van der Waals surface area contributed by atoms with Crippen molar-refractivity contribution in [1.29, 1.82) is 0 Å². The molecule has 1 aromatic carbocycles. The van der Waals surface area contributed by atoms with Gasteiger partial charge in [0.25, 0.3) is 11.8 Å². The van der Waals surface area contributed by atoms with Crippen LogP contribution in [0.4, 0.5) is 22.0 Å². The number of rotatable bonds is 5. The molecule has 0 unspecified atom stereocenters. The smallest absolute Gasteiger partial charge is 0.422 e. The van der Waals surface area contributed by atoms with Crippen molar-refractivity contribution in [2.24, 2.45) is 0 Å². The number of hydrogen-bond donors (Lipinski definition) is 1. The summed E-state index contributed by atoms with van der Waals surface area (Å²) in [6.45, 7) is -1.61. The Kier molecular flexibility index (Phi) is 5.76.